The number of anilines is 3. The van der Waals surface area contributed by atoms with E-state index in [1.54, 1.807) is 6.20 Å². The summed E-state index contributed by atoms with van der Waals surface area (Å²) in [7, 11) is 0. The Morgan fingerprint density at radius 3 is 2.39 bits per heavy atom. The Morgan fingerprint density at radius 2 is 1.65 bits per heavy atom. The minimum atomic E-state index is 0.505. The highest BCUT2D eigenvalue weighted by Crippen LogP contribution is 2.23. The van der Waals surface area contributed by atoms with Crippen molar-refractivity contribution in [3.8, 4) is 0 Å². The zero-order valence-corrected chi connectivity index (χ0v) is 13.2. The second-order valence-corrected chi connectivity index (χ2v) is 5.40. The van der Waals surface area contributed by atoms with Gasteiger partial charge in [-0.25, -0.2) is 0 Å². The second-order valence-electron chi connectivity index (χ2n) is 5.40. The van der Waals surface area contributed by atoms with Crippen LogP contribution in [-0.2, 0) is 6.54 Å². The number of nitrogens with zero attached hydrogens (tertiary/aromatic N) is 3. The first-order valence-electron chi connectivity index (χ1n) is 7.53. The monoisotopic (exact) mass is 305 g/mol. The summed E-state index contributed by atoms with van der Waals surface area (Å²) >= 11 is 0. The molecule has 1 heterocycles. The van der Waals surface area contributed by atoms with Gasteiger partial charge < -0.3 is 10.6 Å². The smallest absolute Gasteiger partial charge is 0.244 e. The molecule has 0 saturated carbocycles. The van der Waals surface area contributed by atoms with E-state index in [-0.39, 0.29) is 0 Å². The number of benzene rings is 2. The summed E-state index contributed by atoms with van der Waals surface area (Å²) in [5.74, 6) is 1.18. The molecule has 2 aromatic carbocycles. The van der Waals surface area contributed by atoms with Crippen LogP contribution in [0.1, 0.15) is 16.7 Å². The van der Waals surface area contributed by atoms with E-state index in [0.29, 0.717) is 18.3 Å². The number of hydrogen-bond donors (Lipinski definition) is 2. The molecule has 0 aliphatic rings. The number of hydrogen-bond acceptors (Lipinski definition) is 5. The van der Waals surface area contributed by atoms with Gasteiger partial charge in [-0.2, -0.15) is 10.1 Å². The van der Waals surface area contributed by atoms with Gasteiger partial charge in [0.2, 0.25) is 5.95 Å². The van der Waals surface area contributed by atoms with Gasteiger partial charge in [0.25, 0.3) is 0 Å². The maximum absolute atomic E-state index is 4.47. The van der Waals surface area contributed by atoms with E-state index < -0.39 is 0 Å². The number of nitrogens with one attached hydrogen (secondary N) is 2. The molecule has 2 N–H and O–H groups in total. The van der Waals surface area contributed by atoms with Crippen molar-refractivity contribution in [1.29, 1.82) is 0 Å². The Balaban J connectivity index is 1.72. The second kappa shape index (κ2) is 6.87. The van der Waals surface area contributed by atoms with Crippen molar-refractivity contribution in [2.45, 2.75) is 20.4 Å². The first kappa shape index (κ1) is 15.0. The largest absolute Gasteiger partial charge is 0.349 e. The third-order valence-electron chi connectivity index (χ3n) is 3.59. The van der Waals surface area contributed by atoms with Crippen molar-refractivity contribution in [3.63, 3.8) is 0 Å². The number of aromatic nitrogens is 3. The summed E-state index contributed by atoms with van der Waals surface area (Å²) in [5, 5.41) is 14.6. The van der Waals surface area contributed by atoms with E-state index in [4.69, 9.17) is 0 Å². The molecule has 0 spiro atoms. The molecule has 0 radical (unpaired) electrons. The molecule has 5 heteroatoms. The van der Waals surface area contributed by atoms with E-state index in [0.717, 1.165) is 5.69 Å². The minimum absolute atomic E-state index is 0.505. The summed E-state index contributed by atoms with van der Waals surface area (Å²) in [6.45, 7) is 4.80. The van der Waals surface area contributed by atoms with E-state index in [1.807, 2.05) is 24.3 Å². The first-order chi connectivity index (χ1) is 11.2. The molecule has 0 bridgehead atoms. The van der Waals surface area contributed by atoms with Gasteiger partial charge in [-0.05, 0) is 30.5 Å². The number of aryl methyl sites for hydroxylation is 2. The highest BCUT2D eigenvalue weighted by atomic mass is 15.3. The standard InChI is InChI=1S/C18H19N5/c1-13-7-6-8-14(2)17(13)21-16-12-20-23-18(22-16)19-11-15-9-4-3-5-10-15/h3-10,12H,11H2,1-2H3,(H2,19,21,22,23). The normalized spacial score (nSPS) is 10.3. The quantitative estimate of drug-likeness (QED) is 0.750. The Kier molecular flexibility index (Phi) is 4.47. The van der Waals surface area contributed by atoms with Crippen molar-refractivity contribution in [1.82, 2.24) is 15.2 Å². The Labute approximate surface area is 135 Å². The molecule has 116 valence electrons. The third-order valence-corrected chi connectivity index (χ3v) is 3.59. The van der Waals surface area contributed by atoms with E-state index in [2.05, 4.69) is 63.9 Å². The van der Waals surface area contributed by atoms with Crippen LogP contribution >= 0.6 is 0 Å². The average Bonchev–Trinajstić information content (AvgIpc) is 2.58. The molecule has 0 saturated heterocycles. The van der Waals surface area contributed by atoms with E-state index in [1.165, 1.54) is 16.7 Å². The first-order valence-corrected chi connectivity index (χ1v) is 7.53. The van der Waals surface area contributed by atoms with Crippen LogP contribution in [0.5, 0.6) is 0 Å². The molecule has 0 unspecified atom stereocenters. The van der Waals surface area contributed by atoms with Crippen molar-refractivity contribution in [3.05, 3.63) is 71.4 Å². The molecular formula is C18H19N5. The lowest BCUT2D eigenvalue weighted by atomic mass is 10.1. The summed E-state index contributed by atoms with van der Waals surface area (Å²) in [6.07, 6.45) is 1.62. The van der Waals surface area contributed by atoms with Crippen LogP contribution < -0.4 is 10.6 Å². The molecule has 1 aromatic heterocycles. The van der Waals surface area contributed by atoms with Crippen LogP contribution in [0.2, 0.25) is 0 Å². The Morgan fingerprint density at radius 1 is 0.913 bits per heavy atom. The highest BCUT2D eigenvalue weighted by molar-refractivity contribution is 5.64. The molecule has 3 aromatic rings. The topological polar surface area (TPSA) is 62.7 Å². The van der Waals surface area contributed by atoms with Crippen molar-refractivity contribution >= 4 is 17.5 Å². The van der Waals surface area contributed by atoms with E-state index >= 15 is 0 Å². The SMILES string of the molecule is Cc1cccc(C)c1Nc1cnnc(NCc2ccccc2)n1. The number of rotatable bonds is 5. The molecule has 0 atom stereocenters. The molecule has 0 fully saturated rings. The van der Waals surface area contributed by atoms with Gasteiger partial charge in [0.05, 0.1) is 6.20 Å². The fourth-order valence-electron chi connectivity index (χ4n) is 2.36. The van der Waals surface area contributed by atoms with Crippen molar-refractivity contribution in [2.75, 3.05) is 10.6 Å². The molecular weight excluding hydrogens is 286 g/mol. The highest BCUT2D eigenvalue weighted by Gasteiger charge is 2.05. The Hall–Kier alpha value is -2.95. The van der Waals surface area contributed by atoms with Crippen LogP contribution in [0.4, 0.5) is 17.5 Å². The van der Waals surface area contributed by atoms with Crippen molar-refractivity contribution < 1.29 is 0 Å². The molecule has 3 rings (SSSR count). The zero-order valence-electron chi connectivity index (χ0n) is 13.2. The summed E-state index contributed by atoms with van der Waals surface area (Å²) < 4.78 is 0. The zero-order chi connectivity index (χ0) is 16.1. The predicted molar refractivity (Wildman–Crippen MR) is 92.8 cm³/mol. The van der Waals surface area contributed by atoms with Crippen molar-refractivity contribution in [2.24, 2.45) is 0 Å². The molecule has 0 aliphatic carbocycles. The predicted octanol–water partition coefficient (Wildman–Crippen LogP) is 3.84. The summed E-state index contributed by atoms with van der Waals surface area (Å²) in [5.41, 5.74) is 4.57. The summed E-state index contributed by atoms with van der Waals surface area (Å²) in [4.78, 5) is 4.47. The lowest BCUT2D eigenvalue weighted by molar-refractivity contribution is 0.948. The maximum atomic E-state index is 4.47. The van der Waals surface area contributed by atoms with Gasteiger partial charge in [0.1, 0.15) is 0 Å². The van der Waals surface area contributed by atoms with Gasteiger partial charge in [-0.15, -0.1) is 5.10 Å². The van der Waals surface area contributed by atoms with Crippen LogP contribution in [0.15, 0.2) is 54.7 Å². The van der Waals surface area contributed by atoms with Crippen LogP contribution in [0.3, 0.4) is 0 Å². The Bertz CT molecular complexity index is 766. The van der Waals surface area contributed by atoms with Gasteiger partial charge in [-0.1, -0.05) is 48.5 Å². The molecule has 23 heavy (non-hydrogen) atoms. The van der Waals surface area contributed by atoms with Gasteiger partial charge in [-0.3, -0.25) is 0 Å². The third kappa shape index (κ3) is 3.83. The molecule has 0 aliphatic heterocycles. The van der Waals surface area contributed by atoms with Crippen LogP contribution in [0.25, 0.3) is 0 Å². The van der Waals surface area contributed by atoms with Gasteiger partial charge in [0, 0.05) is 12.2 Å². The molecule has 5 nitrogen and oxygen atoms in total. The number of para-hydroxylation sites is 1. The maximum Gasteiger partial charge on any atom is 0.244 e. The lowest BCUT2D eigenvalue weighted by Gasteiger charge is -2.12. The van der Waals surface area contributed by atoms with Gasteiger partial charge in [0.15, 0.2) is 5.82 Å². The van der Waals surface area contributed by atoms with Crippen LogP contribution in [0, 0.1) is 13.8 Å². The average molecular weight is 305 g/mol. The van der Waals surface area contributed by atoms with Crippen LogP contribution in [-0.4, -0.2) is 15.2 Å². The molecule has 0 amide bonds. The fourth-order valence-corrected chi connectivity index (χ4v) is 2.36. The summed E-state index contributed by atoms with van der Waals surface area (Å²) in [6, 6.07) is 16.3. The lowest BCUT2D eigenvalue weighted by Crippen LogP contribution is -2.07. The minimum Gasteiger partial charge on any atom is -0.349 e. The van der Waals surface area contributed by atoms with Gasteiger partial charge >= 0.3 is 0 Å². The fraction of sp³-hybridized carbons (Fsp3) is 0.167. The van der Waals surface area contributed by atoms with E-state index in [9.17, 15) is 0 Å².